The standard InChI is InChI=1S/C4H5N2O2S/c7-4-5-2-1-3(6-4)9-8/h1-2,8H,(H2,5,6,7). The van der Waals surface area contributed by atoms with Crippen LogP contribution in [-0.2, 0) is 0 Å². The molecule has 0 aromatic carbocycles. The van der Waals surface area contributed by atoms with E-state index in [1.807, 2.05) is 0 Å². The maximum atomic E-state index is 10.4. The first kappa shape index (κ1) is 6.44. The second kappa shape index (κ2) is 2.75. The SMILES string of the molecule is O=C1NC=C[C](SO)N1. The van der Waals surface area contributed by atoms with Gasteiger partial charge < -0.3 is 15.2 Å². The van der Waals surface area contributed by atoms with E-state index in [1.54, 1.807) is 6.08 Å². The summed E-state index contributed by atoms with van der Waals surface area (Å²) < 4.78 is 8.39. The van der Waals surface area contributed by atoms with Crippen LogP contribution in [0.5, 0.6) is 0 Å². The zero-order valence-electron chi connectivity index (χ0n) is 4.42. The molecule has 1 aliphatic rings. The third-order valence-corrected chi connectivity index (χ3v) is 1.22. The number of nitrogens with one attached hydrogen (secondary N) is 2. The average molecular weight is 145 g/mol. The zero-order valence-corrected chi connectivity index (χ0v) is 5.23. The lowest BCUT2D eigenvalue weighted by Gasteiger charge is -2.13. The minimum Gasteiger partial charge on any atom is -0.328 e. The molecule has 9 heavy (non-hydrogen) atoms. The Morgan fingerprint density at radius 2 is 2.44 bits per heavy atom. The highest BCUT2D eigenvalue weighted by Crippen LogP contribution is 2.13. The van der Waals surface area contributed by atoms with Gasteiger partial charge in [0, 0.05) is 18.2 Å². The summed E-state index contributed by atoms with van der Waals surface area (Å²) in [6, 6.07) is -0.325. The van der Waals surface area contributed by atoms with E-state index < -0.39 is 0 Å². The molecule has 1 radical (unpaired) electrons. The fourth-order valence-corrected chi connectivity index (χ4v) is 0.703. The summed E-state index contributed by atoms with van der Waals surface area (Å²) in [5, 5.41) is 5.16. The van der Waals surface area contributed by atoms with E-state index in [4.69, 9.17) is 4.55 Å². The molecule has 0 saturated heterocycles. The van der Waals surface area contributed by atoms with Crippen LogP contribution in [0.15, 0.2) is 12.3 Å². The van der Waals surface area contributed by atoms with Crippen molar-refractivity contribution in [1.82, 2.24) is 10.6 Å². The van der Waals surface area contributed by atoms with Crippen molar-refractivity contribution in [3.8, 4) is 0 Å². The predicted octanol–water partition coefficient (Wildman–Crippen LogP) is 0.509. The van der Waals surface area contributed by atoms with Gasteiger partial charge in [-0.05, 0) is 6.08 Å². The number of amides is 2. The average Bonchev–Trinajstić information content (AvgIpc) is 1.88. The molecule has 0 aliphatic carbocycles. The topological polar surface area (TPSA) is 61.4 Å². The molecule has 0 aromatic heterocycles. The van der Waals surface area contributed by atoms with Gasteiger partial charge in [0.05, 0.1) is 0 Å². The molecule has 0 bridgehead atoms. The van der Waals surface area contributed by atoms with Crippen LogP contribution >= 0.6 is 12.0 Å². The van der Waals surface area contributed by atoms with Crippen molar-refractivity contribution in [3.05, 3.63) is 17.6 Å². The number of hydrogen-bond donors (Lipinski definition) is 3. The first-order valence-electron chi connectivity index (χ1n) is 2.25. The van der Waals surface area contributed by atoms with Crippen LogP contribution in [0.2, 0.25) is 0 Å². The van der Waals surface area contributed by atoms with E-state index in [1.165, 1.54) is 6.20 Å². The van der Waals surface area contributed by atoms with Crippen molar-refractivity contribution < 1.29 is 9.35 Å². The molecule has 5 heteroatoms. The third-order valence-electron chi connectivity index (χ3n) is 0.784. The molecule has 0 unspecified atom stereocenters. The van der Waals surface area contributed by atoms with Crippen molar-refractivity contribution in [1.29, 1.82) is 0 Å². The van der Waals surface area contributed by atoms with E-state index in [2.05, 4.69) is 10.6 Å². The third kappa shape index (κ3) is 1.62. The van der Waals surface area contributed by atoms with Crippen LogP contribution in [0, 0.1) is 5.37 Å². The lowest BCUT2D eigenvalue weighted by molar-refractivity contribution is 0.245. The maximum Gasteiger partial charge on any atom is 0.320 e. The van der Waals surface area contributed by atoms with Gasteiger partial charge in [-0.15, -0.1) is 0 Å². The van der Waals surface area contributed by atoms with Gasteiger partial charge in [0.2, 0.25) is 0 Å². The van der Waals surface area contributed by atoms with E-state index in [0.717, 1.165) is 0 Å². The van der Waals surface area contributed by atoms with Crippen molar-refractivity contribution in [2.75, 3.05) is 0 Å². The van der Waals surface area contributed by atoms with E-state index in [-0.39, 0.29) is 6.03 Å². The molecular weight excluding hydrogens is 140 g/mol. The Hall–Kier alpha value is -0.680. The molecule has 1 rings (SSSR count). The lowest BCUT2D eigenvalue weighted by Crippen LogP contribution is -2.36. The first-order valence-corrected chi connectivity index (χ1v) is 3.02. The second-order valence-electron chi connectivity index (χ2n) is 1.39. The van der Waals surface area contributed by atoms with Crippen LogP contribution < -0.4 is 10.6 Å². The van der Waals surface area contributed by atoms with E-state index in [9.17, 15) is 4.79 Å². The number of rotatable bonds is 1. The van der Waals surface area contributed by atoms with Gasteiger partial charge in [0.25, 0.3) is 0 Å². The quantitative estimate of drug-likeness (QED) is 0.471. The van der Waals surface area contributed by atoms with Crippen molar-refractivity contribution in [2.45, 2.75) is 0 Å². The summed E-state index contributed by atoms with van der Waals surface area (Å²) >= 11 is 0.507. The number of urea groups is 1. The Balaban J connectivity index is 2.49. The minimum atomic E-state index is -0.325. The number of carbonyl (C=O) groups excluding carboxylic acids is 1. The van der Waals surface area contributed by atoms with E-state index in [0.29, 0.717) is 17.4 Å². The molecule has 4 nitrogen and oxygen atoms in total. The van der Waals surface area contributed by atoms with Gasteiger partial charge >= 0.3 is 6.03 Å². The van der Waals surface area contributed by atoms with Gasteiger partial charge in [-0.1, -0.05) is 0 Å². The van der Waals surface area contributed by atoms with Gasteiger partial charge in [-0.2, -0.15) is 0 Å². The number of carbonyl (C=O) groups is 1. The molecule has 1 aliphatic heterocycles. The van der Waals surface area contributed by atoms with Crippen LogP contribution in [0.1, 0.15) is 0 Å². The highest BCUT2D eigenvalue weighted by atomic mass is 32.2. The smallest absolute Gasteiger partial charge is 0.320 e. The van der Waals surface area contributed by atoms with E-state index >= 15 is 0 Å². The molecular formula is C4H5N2O2S. The maximum absolute atomic E-state index is 10.4. The molecule has 1 heterocycles. The number of hydrogen-bond acceptors (Lipinski definition) is 3. The molecule has 0 fully saturated rings. The molecule has 0 atom stereocenters. The Morgan fingerprint density at radius 1 is 1.67 bits per heavy atom. The van der Waals surface area contributed by atoms with Crippen molar-refractivity contribution >= 4 is 18.1 Å². The molecule has 0 spiro atoms. The molecule has 2 amide bonds. The second-order valence-corrected chi connectivity index (χ2v) is 2.01. The Morgan fingerprint density at radius 3 is 2.89 bits per heavy atom. The summed E-state index contributed by atoms with van der Waals surface area (Å²) in [5.74, 6) is 0. The monoisotopic (exact) mass is 145 g/mol. The van der Waals surface area contributed by atoms with Crippen molar-refractivity contribution in [3.63, 3.8) is 0 Å². The molecule has 3 N–H and O–H groups in total. The normalized spacial score (nSPS) is 19.0. The van der Waals surface area contributed by atoms with Crippen LogP contribution in [0.4, 0.5) is 4.79 Å². The van der Waals surface area contributed by atoms with Gasteiger partial charge in [-0.25, -0.2) is 4.79 Å². The van der Waals surface area contributed by atoms with Crippen molar-refractivity contribution in [2.24, 2.45) is 0 Å². The largest absolute Gasteiger partial charge is 0.328 e. The van der Waals surface area contributed by atoms with Gasteiger partial charge in [0.15, 0.2) is 5.37 Å². The lowest BCUT2D eigenvalue weighted by atomic mass is 10.5. The molecule has 49 valence electrons. The fourth-order valence-electron chi connectivity index (χ4n) is 0.436. The predicted molar refractivity (Wildman–Crippen MR) is 34.3 cm³/mol. The Kier molecular flexibility index (Phi) is 1.96. The highest BCUT2D eigenvalue weighted by molar-refractivity contribution is 7.96. The van der Waals surface area contributed by atoms with Crippen LogP contribution in [0.25, 0.3) is 0 Å². The Bertz CT molecular complexity index is 148. The fraction of sp³-hybridized carbons (Fsp3) is 0. The summed E-state index contributed by atoms with van der Waals surface area (Å²) in [4.78, 5) is 10.4. The highest BCUT2D eigenvalue weighted by Gasteiger charge is 2.12. The summed E-state index contributed by atoms with van der Waals surface area (Å²) in [6.07, 6.45) is 3.02. The minimum absolute atomic E-state index is 0.325. The summed E-state index contributed by atoms with van der Waals surface area (Å²) in [7, 11) is 0. The first-order chi connectivity index (χ1) is 4.33. The molecule has 0 aromatic rings. The summed E-state index contributed by atoms with van der Waals surface area (Å²) in [6.45, 7) is 0. The Labute approximate surface area is 56.5 Å². The summed E-state index contributed by atoms with van der Waals surface area (Å²) in [5.41, 5.74) is 0. The van der Waals surface area contributed by atoms with Crippen LogP contribution in [-0.4, -0.2) is 10.6 Å². The molecule has 0 saturated carbocycles. The van der Waals surface area contributed by atoms with Crippen LogP contribution in [0.3, 0.4) is 0 Å². The van der Waals surface area contributed by atoms with Gasteiger partial charge in [0.1, 0.15) is 0 Å². The van der Waals surface area contributed by atoms with Gasteiger partial charge in [-0.3, -0.25) is 0 Å². The zero-order chi connectivity index (χ0) is 6.69.